The number of hydrogen-bond acceptors (Lipinski definition) is 8. The second-order valence-electron chi connectivity index (χ2n) is 7.24. The Morgan fingerprint density at radius 2 is 1.06 bits per heavy atom. The maximum absolute atomic E-state index is 13.3. The summed E-state index contributed by atoms with van der Waals surface area (Å²) in [6.07, 6.45) is -9.98. The molecule has 10 nitrogen and oxygen atoms in total. The smallest absolute Gasteiger partial charge is 0.421 e. The van der Waals surface area contributed by atoms with Crippen LogP contribution in [0.1, 0.15) is 36.8 Å². The van der Waals surface area contributed by atoms with E-state index >= 15 is 0 Å². The van der Waals surface area contributed by atoms with Gasteiger partial charge in [0.05, 0.1) is 9.85 Å². The summed E-state index contributed by atoms with van der Waals surface area (Å²) in [6.45, 7) is 0. The molecule has 0 aliphatic heterocycles. The molecule has 2 heterocycles. The van der Waals surface area contributed by atoms with Crippen molar-refractivity contribution in [3.63, 3.8) is 0 Å². The second kappa shape index (κ2) is 9.26. The van der Waals surface area contributed by atoms with E-state index in [0.29, 0.717) is 24.5 Å². The average molecular weight is 496 g/mol. The highest BCUT2D eigenvalue weighted by Crippen LogP contribution is 2.40. The van der Waals surface area contributed by atoms with Crippen molar-refractivity contribution in [2.45, 2.75) is 50.2 Å². The van der Waals surface area contributed by atoms with Crippen LogP contribution in [0.4, 0.5) is 37.7 Å². The van der Waals surface area contributed by atoms with Gasteiger partial charge in [-0.15, -0.1) is 0 Å². The van der Waals surface area contributed by atoms with Gasteiger partial charge in [-0.2, -0.15) is 26.3 Å². The molecule has 0 N–H and O–H groups in total. The number of aromatic nitrogens is 2. The molecule has 0 saturated heterocycles. The zero-order valence-corrected chi connectivity index (χ0v) is 16.8. The number of ether oxygens (including phenoxy) is 2. The lowest BCUT2D eigenvalue weighted by Crippen LogP contribution is -2.31. The maximum Gasteiger partial charge on any atom is 0.421 e. The van der Waals surface area contributed by atoms with Crippen molar-refractivity contribution in [1.82, 2.24) is 9.97 Å². The van der Waals surface area contributed by atoms with Gasteiger partial charge in [0.2, 0.25) is 11.8 Å². The van der Waals surface area contributed by atoms with Crippen LogP contribution >= 0.6 is 0 Å². The van der Waals surface area contributed by atoms with Gasteiger partial charge in [-0.1, -0.05) is 0 Å². The van der Waals surface area contributed by atoms with Crippen molar-refractivity contribution in [2.75, 3.05) is 0 Å². The van der Waals surface area contributed by atoms with Crippen molar-refractivity contribution < 1.29 is 45.7 Å². The molecule has 34 heavy (non-hydrogen) atoms. The molecular weight excluding hydrogens is 482 g/mol. The molecule has 0 atom stereocenters. The molecule has 2 aromatic rings. The third-order valence-electron chi connectivity index (χ3n) is 4.88. The molecule has 1 fully saturated rings. The summed E-state index contributed by atoms with van der Waals surface area (Å²) in [5.41, 5.74) is -4.59. The Balaban J connectivity index is 1.69. The fourth-order valence-electron chi connectivity index (χ4n) is 3.26. The Hall–Kier alpha value is -3.72. The van der Waals surface area contributed by atoms with Crippen molar-refractivity contribution >= 4 is 11.4 Å². The number of nitro groups is 2. The second-order valence-corrected chi connectivity index (χ2v) is 7.24. The Labute approximate surface area is 185 Å². The van der Waals surface area contributed by atoms with Crippen LogP contribution in [-0.2, 0) is 12.4 Å². The first-order valence-corrected chi connectivity index (χ1v) is 9.52. The number of hydrogen-bond donors (Lipinski definition) is 0. The van der Waals surface area contributed by atoms with Gasteiger partial charge in [-0.3, -0.25) is 20.2 Å². The van der Waals surface area contributed by atoms with Crippen LogP contribution in [0.25, 0.3) is 0 Å². The van der Waals surface area contributed by atoms with Gasteiger partial charge in [-0.25, -0.2) is 9.97 Å². The molecule has 0 unspecified atom stereocenters. The van der Waals surface area contributed by atoms with Gasteiger partial charge >= 0.3 is 12.4 Å². The Bertz CT molecular complexity index is 1000. The molecule has 16 heteroatoms. The van der Waals surface area contributed by atoms with E-state index in [1.165, 1.54) is 0 Å². The van der Waals surface area contributed by atoms with Crippen LogP contribution in [-0.4, -0.2) is 32.0 Å². The van der Waals surface area contributed by atoms with Crippen LogP contribution in [0.2, 0.25) is 0 Å². The predicted molar refractivity (Wildman–Crippen MR) is 99.1 cm³/mol. The molecule has 0 radical (unpaired) electrons. The quantitative estimate of drug-likeness (QED) is 0.307. The van der Waals surface area contributed by atoms with E-state index in [0.717, 1.165) is 0 Å². The minimum atomic E-state index is -4.97. The summed E-state index contributed by atoms with van der Waals surface area (Å²) in [4.78, 5) is 26.2. The average Bonchev–Trinajstić information content (AvgIpc) is 2.74. The van der Waals surface area contributed by atoms with Crippen molar-refractivity contribution in [2.24, 2.45) is 0 Å². The summed E-state index contributed by atoms with van der Waals surface area (Å²) in [5.74, 6) is -1.70. The summed E-state index contributed by atoms with van der Waals surface area (Å²) >= 11 is 0. The molecule has 0 spiro atoms. The lowest BCUT2D eigenvalue weighted by Gasteiger charge is -2.29. The zero-order chi connectivity index (χ0) is 25.3. The molecule has 184 valence electrons. The van der Waals surface area contributed by atoms with Gasteiger partial charge in [0.1, 0.15) is 35.7 Å². The van der Waals surface area contributed by atoms with Gasteiger partial charge in [0.15, 0.2) is 0 Å². The molecule has 2 aromatic heterocycles. The lowest BCUT2D eigenvalue weighted by atomic mass is 9.95. The molecule has 0 bridgehead atoms. The molecular formula is C18H14F6N4O6. The maximum atomic E-state index is 13.3. The highest BCUT2D eigenvalue weighted by Gasteiger charge is 2.40. The molecule has 1 aliphatic carbocycles. The number of nitrogens with zero attached hydrogens (tertiary/aromatic N) is 4. The molecule has 1 saturated carbocycles. The number of alkyl halides is 6. The van der Waals surface area contributed by atoms with Crippen LogP contribution < -0.4 is 9.47 Å². The third kappa shape index (κ3) is 5.79. The van der Waals surface area contributed by atoms with Crippen LogP contribution in [0.15, 0.2) is 24.5 Å². The molecule has 0 aromatic carbocycles. The summed E-state index contributed by atoms with van der Waals surface area (Å²) in [6, 6.07) is 0.603. The van der Waals surface area contributed by atoms with Crippen LogP contribution in [0, 0.1) is 20.2 Å². The minimum Gasteiger partial charge on any atom is -0.474 e. The third-order valence-corrected chi connectivity index (χ3v) is 4.88. The number of rotatable bonds is 6. The van der Waals surface area contributed by atoms with E-state index in [4.69, 9.17) is 9.47 Å². The van der Waals surface area contributed by atoms with Crippen molar-refractivity contribution in [3.05, 3.63) is 55.9 Å². The van der Waals surface area contributed by atoms with Crippen LogP contribution in [0.5, 0.6) is 11.8 Å². The molecule has 1 aliphatic rings. The van der Waals surface area contributed by atoms with E-state index in [-0.39, 0.29) is 25.7 Å². The van der Waals surface area contributed by atoms with E-state index in [1.807, 2.05) is 0 Å². The predicted octanol–water partition coefficient (Wildman–Crippen LogP) is 5.10. The number of pyridine rings is 2. The zero-order valence-electron chi connectivity index (χ0n) is 16.8. The van der Waals surface area contributed by atoms with E-state index in [1.54, 1.807) is 0 Å². The van der Waals surface area contributed by atoms with Gasteiger partial charge < -0.3 is 9.47 Å². The summed E-state index contributed by atoms with van der Waals surface area (Å²) < 4.78 is 90.1. The molecule has 0 amide bonds. The van der Waals surface area contributed by atoms with E-state index in [2.05, 4.69) is 9.97 Å². The monoisotopic (exact) mass is 496 g/mol. The summed E-state index contributed by atoms with van der Waals surface area (Å²) in [5, 5.41) is 21.5. The first kappa shape index (κ1) is 24.9. The first-order valence-electron chi connectivity index (χ1n) is 9.52. The highest BCUT2D eigenvalue weighted by atomic mass is 19.4. The Morgan fingerprint density at radius 3 is 1.32 bits per heavy atom. The van der Waals surface area contributed by atoms with Crippen LogP contribution in [0.3, 0.4) is 0 Å². The topological polar surface area (TPSA) is 131 Å². The standard InChI is InChI=1S/C18H14F6N4O6/c19-17(20,21)13-5-9(27(29)30)7-25-15(13)33-11-1-2-12(4-3-11)34-16-14(18(22,23)24)6-10(8-26-16)28(31)32/h5-8,11-12H,1-4H2. The van der Waals surface area contributed by atoms with E-state index < -0.39 is 68.7 Å². The summed E-state index contributed by atoms with van der Waals surface area (Å²) in [7, 11) is 0. The van der Waals surface area contributed by atoms with Crippen molar-refractivity contribution in [1.29, 1.82) is 0 Å². The normalized spacial score (nSPS) is 18.9. The minimum absolute atomic E-state index is 0.0783. The lowest BCUT2D eigenvalue weighted by molar-refractivity contribution is -0.385. The van der Waals surface area contributed by atoms with Crippen molar-refractivity contribution in [3.8, 4) is 11.8 Å². The fourth-order valence-corrected chi connectivity index (χ4v) is 3.26. The Morgan fingerprint density at radius 1 is 0.735 bits per heavy atom. The Kier molecular flexibility index (Phi) is 6.79. The van der Waals surface area contributed by atoms with Gasteiger partial charge in [-0.05, 0) is 25.7 Å². The SMILES string of the molecule is O=[N+]([O-])c1cnc(OC2CCC(Oc3ncc([N+](=O)[O-])cc3C(F)(F)F)CC2)c(C(F)(F)F)c1. The van der Waals surface area contributed by atoms with Gasteiger partial charge in [0, 0.05) is 12.1 Å². The molecule has 3 rings (SSSR count). The first-order chi connectivity index (χ1) is 15.8. The highest BCUT2D eigenvalue weighted by molar-refractivity contribution is 5.40. The van der Waals surface area contributed by atoms with E-state index in [9.17, 15) is 46.6 Å². The fraction of sp³-hybridized carbons (Fsp3) is 0.444. The van der Waals surface area contributed by atoms with Gasteiger partial charge in [0.25, 0.3) is 11.4 Å². The number of halogens is 6. The largest absolute Gasteiger partial charge is 0.474 e.